The van der Waals surface area contributed by atoms with E-state index in [1.807, 2.05) is 0 Å². The number of allylic oxidation sites excluding steroid dienone is 1. The lowest BCUT2D eigenvalue weighted by Crippen LogP contribution is -2.35. The number of hydrogen-bond donors (Lipinski definition) is 2. The van der Waals surface area contributed by atoms with E-state index in [0.29, 0.717) is 6.04 Å². The highest BCUT2D eigenvalue weighted by Crippen LogP contribution is 2.32. The molecular weight excluding hydrogens is 256 g/mol. The molecule has 0 amide bonds. The highest BCUT2D eigenvalue weighted by Gasteiger charge is 2.17. The van der Waals surface area contributed by atoms with E-state index in [1.165, 1.54) is 54.4 Å². The number of fused-ring (bicyclic) bond motifs is 1. The molecule has 2 aliphatic rings. The molecule has 2 aliphatic carbocycles. The molecule has 0 unspecified atom stereocenters. The highest BCUT2D eigenvalue weighted by atomic mass is 15.1. The minimum Gasteiger partial charge on any atom is -0.370 e. The molecular formula is C19H26N2. The van der Waals surface area contributed by atoms with Crippen molar-refractivity contribution in [3.05, 3.63) is 53.9 Å². The van der Waals surface area contributed by atoms with Crippen LogP contribution in [0.4, 0.5) is 0 Å². The van der Waals surface area contributed by atoms with Gasteiger partial charge in [-0.15, -0.1) is 0 Å². The number of benzene rings is 1. The van der Waals surface area contributed by atoms with E-state index in [-0.39, 0.29) is 0 Å². The third kappa shape index (κ3) is 3.31. The first-order valence-corrected chi connectivity index (χ1v) is 8.22. The van der Waals surface area contributed by atoms with E-state index >= 15 is 0 Å². The summed E-state index contributed by atoms with van der Waals surface area (Å²) >= 11 is 0. The highest BCUT2D eigenvalue weighted by molar-refractivity contribution is 5.71. The van der Waals surface area contributed by atoms with Gasteiger partial charge in [0, 0.05) is 12.6 Å². The Bertz CT molecular complexity index is 538. The first-order chi connectivity index (χ1) is 10.2. The zero-order chi connectivity index (χ0) is 14.7. The van der Waals surface area contributed by atoms with Crippen LogP contribution in [0.2, 0.25) is 0 Å². The topological polar surface area (TPSA) is 24.1 Å². The number of hydrogen-bond acceptors (Lipinski definition) is 2. The monoisotopic (exact) mass is 282 g/mol. The second-order valence-electron chi connectivity index (χ2n) is 6.36. The Morgan fingerprint density at radius 2 is 1.95 bits per heavy atom. The predicted molar refractivity (Wildman–Crippen MR) is 89.8 cm³/mol. The third-order valence-corrected chi connectivity index (χ3v) is 4.81. The summed E-state index contributed by atoms with van der Waals surface area (Å²) in [5.74, 6) is 0.969. The van der Waals surface area contributed by atoms with Crippen LogP contribution >= 0.6 is 0 Å². The molecule has 0 aromatic heterocycles. The molecule has 2 N–H and O–H groups in total. The van der Waals surface area contributed by atoms with Crippen molar-refractivity contribution >= 4 is 5.57 Å². The van der Waals surface area contributed by atoms with Crippen LogP contribution in [0, 0.1) is 0 Å². The van der Waals surface area contributed by atoms with Crippen LogP contribution in [-0.2, 0) is 13.0 Å². The van der Waals surface area contributed by atoms with Gasteiger partial charge < -0.3 is 10.6 Å². The quantitative estimate of drug-likeness (QED) is 0.848. The molecule has 2 nitrogen and oxygen atoms in total. The van der Waals surface area contributed by atoms with Crippen molar-refractivity contribution in [1.82, 2.24) is 10.6 Å². The molecule has 2 heteroatoms. The van der Waals surface area contributed by atoms with Crippen LogP contribution in [0.5, 0.6) is 0 Å². The van der Waals surface area contributed by atoms with Gasteiger partial charge in [0.05, 0.1) is 5.82 Å². The molecule has 112 valence electrons. The maximum Gasteiger partial charge on any atom is 0.0917 e. The van der Waals surface area contributed by atoms with Crippen molar-refractivity contribution in [1.29, 1.82) is 0 Å². The molecule has 0 aliphatic heterocycles. The molecule has 3 rings (SSSR count). The Morgan fingerprint density at radius 3 is 2.76 bits per heavy atom. The summed E-state index contributed by atoms with van der Waals surface area (Å²) < 4.78 is 0. The first kappa shape index (κ1) is 14.2. The van der Waals surface area contributed by atoms with Crippen LogP contribution in [0.15, 0.2) is 37.2 Å². The fourth-order valence-corrected chi connectivity index (χ4v) is 3.58. The van der Waals surface area contributed by atoms with Gasteiger partial charge in [0.2, 0.25) is 0 Å². The molecule has 1 fully saturated rings. The molecule has 0 heterocycles. The normalized spacial score (nSPS) is 18.4. The van der Waals surface area contributed by atoms with Crippen LogP contribution in [-0.4, -0.2) is 6.04 Å². The minimum absolute atomic E-state index is 0.611. The SMILES string of the molecule is C=C(NCc1cccc2c1CCC2=C)NC1CCCCC1. The van der Waals surface area contributed by atoms with Gasteiger partial charge in [-0.25, -0.2) is 0 Å². The first-order valence-electron chi connectivity index (χ1n) is 8.22. The molecule has 0 spiro atoms. The third-order valence-electron chi connectivity index (χ3n) is 4.81. The fourth-order valence-electron chi connectivity index (χ4n) is 3.58. The Balaban J connectivity index is 1.55. The van der Waals surface area contributed by atoms with Crippen molar-refractivity contribution in [3.8, 4) is 0 Å². The Labute approximate surface area is 128 Å². The van der Waals surface area contributed by atoms with E-state index < -0.39 is 0 Å². The van der Waals surface area contributed by atoms with Gasteiger partial charge in [0.25, 0.3) is 0 Å². The Kier molecular flexibility index (Phi) is 4.33. The van der Waals surface area contributed by atoms with E-state index in [0.717, 1.165) is 25.2 Å². The lowest BCUT2D eigenvalue weighted by atomic mass is 9.95. The standard InChI is InChI=1S/C19H26N2/c1-14-11-12-19-16(7-6-10-18(14)19)13-20-15(2)21-17-8-4-3-5-9-17/h6-7,10,17,20-21H,1-5,8-9,11-13H2. The summed E-state index contributed by atoms with van der Waals surface area (Å²) in [7, 11) is 0. The largest absolute Gasteiger partial charge is 0.370 e. The van der Waals surface area contributed by atoms with E-state index in [2.05, 4.69) is 42.0 Å². The molecule has 0 bridgehead atoms. The number of nitrogens with one attached hydrogen (secondary N) is 2. The maximum atomic E-state index is 4.16. The van der Waals surface area contributed by atoms with Gasteiger partial charge in [-0.2, -0.15) is 0 Å². The molecule has 0 saturated heterocycles. The molecule has 0 atom stereocenters. The minimum atomic E-state index is 0.611. The van der Waals surface area contributed by atoms with Gasteiger partial charge in [0.1, 0.15) is 0 Å². The van der Waals surface area contributed by atoms with Crippen LogP contribution in [0.1, 0.15) is 55.2 Å². The van der Waals surface area contributed by atoms with Crippen molar-refractivity contribution in [2.45, 2.75) is 57.5 Å². The van der Waals surface area contributed by atoms with Gasteiger partial charge >= 0.3 is 0 Å². The van der Waals surface area contributed by atoms with E-state index in [1.54, 1.807) is 0 Å². The second kappa shape index (κ2) is 6.38. The van der Waals surface area contributed by atoms with Crippen molar-refractivity contribution in [3.63, 3.8) is 0 Å². The van der Waals surface area contributed by atoms with Gasteiger partial charge in [-0.05, 0) is 47.9 Å². The second-order valence-corrected chi connectivity index (χ2v) is 6.36. The zero-order valence-electron chi connectivity index (χ0n) is 12.9. The van der Waals surface area contributed by atoms with Crippen LogP contribution in [0.3, 0.4) is 0 Å². The average Bonchev–Trinajstić information content (AvgIpc) is 2.88. The fraction of sp³-hybridized carbons (Fsp3) is 0.474. The average molecular weight is 282 g/mol. The van der Waals surface area contributed by atoms with E-state index in [9.17, 15) is 0 Å². The summed E-state index contributed by atoms with van der Waals surface area (Å²) in [5, 5.41) is 7.00. The van der Waals surface area contributed by atoms with Gasteiger partial charge in [0.15, 0.2) is 0 Å². The molecule has 1 aromatic carbocycles. The van der Waals surface area contributed by atoms with Gasteiger partial charge in [-0.1, -0.05) is 50.6 Å². The smallest absolute Gasteiger partial charge is 0.0917 e. The maximum absolute atomic E-state index is 4.16. The summed E-state index contributed by atoms with van der Waals surface area (Å²) in [4.78, 5) is 0. The van der Waals surface area contributed by atoms with Gasteiger partial charge in [-0.3, -0.25) is 0 Å². The summed E-state index contributed by atoms with van der Waals surface area (Å²) in [6, 6.07) is 7.17. The molecule has 1 aromatic rings. The van der Waals surface area contributed by atoms with Crippen molar-refractivity contribution in [2.75, 3.05) is 0 Å². The predicted octanol–water partition coefficient (Wildman–Crippen LogP) is 4.13. The van der Waals surface area contributed by atoms with Crippen molar-refractivity contribution < 1.29 is 0 Å². The van der Waals surface area contributed by atoms with Crippen molar-refractivity contribution in [2.24, 2.45) is 0 Å². The zero-order valence-corrected chi connectivity index (χ0v) is 12.9. The Morgan fingerprint density at radius 1 is 1.14 bits per heavy atom. The van der Waals surface area contributed by atoms with Crippen LogP contribution in [0.25, 0.3) is 5.57 Å². The summed E-state index contributed by atoms with van der Waals surface area (Å²) in [5.41, 5.74) is 5.50. The van der Waals surface area contributed by atoms with Crippen LogP contribution < -0.4 is 10.6 Å². The number of rotatable bonds is 5. The molecule has 1 saturated carbocycles. The summed E-state index contributed by atoms with van der Waals surface area (Å²) in [6.07, 6.45) is 8.88. The Hall–Kier alpha value is -1.70. The lowest BCUT2D eigenvalue weighted by molar-refractivity contribution is 0.388. The summed E-state index contributed by atoms with van der Waals surface area (Å²) in [6.45, 7) is 9.15. The molecule has 0 radical (unpaired) electrons. The van der Waals surface area contributed by atoms with E-state index in [4.69, 9.17) is 0 Å². The molecule has 21 heavy (non-hydrogen) atoms. The lowest BCUT2D eigenvalue weighted by Gasteiger charge is -2.25.